The molecule has 0 radical (unpaired) electrons. The summed E-state index contributed by atoms with van der Waals surface area (Å²) in [6.07, 6.45) is 1.72. The Kier molecular flexibility index (Phi) is 7.25. The number of nitrogens with zero attached hydrogens (tertiary/aromatic N) is 2. The van der Waals surface area contributed by atoms with E-state index in [4.69, 9.17) is 9.47 Å². The lowest BCUT2D eigenvalue weighted by Gasteiger charge is -2.20. The first kappa shape index (κ1) is 21.6. The number of methoxy groups -OCH3 is 1. The Bertz CT molecular complexity index is 1010. The molecular weight excluding hydrogens is 396 g/mol. The van der Waals surface area contributed by atoms with E-state index < -0.39 is 0 Å². The van der Waals surface area contributed by atoms with Crippen LogP contribution in [0.1, 0.15) is 32.2 Å². The van der Waals surface area contributed by atoms with Crippen LogP contribution in [0.3, 0.4) is 0 Å². The summed E-state index contributed by atoms with van der Waals surface area (Å²) in [6, 6.07) is 13.1. The smallest absolute Gasteiger partial charge is 0.254 e. The lowest BCUT2D eigenvalue weighted by molar-refractivity contribution is 0.0761. The molecule has 3 rings (SSSR count). The molecule has 0 spiro atoms. The van der Waals surface area contributed by atoms with E-state index in [1.165, 1.54) is 16.9 Å². The van der Waals surface area contributed by atoms with Crippen molar-refractivity contribution in [3.8, 4) is 11.5 Å². The van der Waals surface area contributed by atoms with E-state index in [9.17, 15) is 4.79 Å². The van der Waals surface area contributed by atoms with Crippen molar-refractivity contribution >= 4 is 17.2 Å². The van der Waals surface area contributed by atoms with Gasteiger partial charge in [-0.15, -0.1) is 17.9 Å². The molecule has 0 N–H and O–H groups in total. The minimum Gasteiger partial charge on any atom is -0.497 e. The molecule has 0 aliphatic carbocycles. The SMILES string of the molecule is C=CCN(Cc1csc(COc2cccc(C)c2C)n1)C(=O)c1ccc(OC)cc1. The predicted molar refractivity (Wildman–Crippen MR) is 120 cm³/mol. The largest absolute Gasteiger partial charge is 0.497 e. The van der Waals surface area contributed by atoms with Gasteiger partial charge in [0.05, 0.1) is 19.3 Å². The summed E-state index contributed by atoms with van der Waals surface area (Å²) in [6.45, 7) is 9.16. The fraction of sp³-hybridized carbons (Fsp3) is 0.250. The van der Waals surface area contributed by atoms with Crippen LogP contribution >= 0.6 is 11.3 Å². The Balaban J connectivity index is 1.66. The molecule has 1 amide bonds. The van der Waals surface area contributed by atoms with Crippen LogP contribution in [0.5, 0.6) is 11.5 Å². The number of carbonyl (C=O) groups is 1. The second-order valence-corrected chi connectivity index (χ2v) is 7.86. The van der Waals surface area contributed by atoms with E-state index >= 15 is 0 Å². The second-order valence-electron chi connectivity index (χ2n) is 6.92. The maximum Gasteiger partial charge on any atom is 0.254 e. The molecule has 0 aliphatic heterocycles. The topological polar surface area (TPSA) is 51.7 Å². The van der Waals surface area contributed by atoms with E-state index in [2.05, 4.69) is 31.5 Å². The Morgan fingerprint density at radius 1 is 1.20 bits per heavy atom. The third kappa shape index (κ3) is 5.27. The van der Waals surface area contributed by atoms with Gasteiger partial charge in [-0.05, 0) is 55.3 Å². The first-order valence-electron chi connectivity index (χ1n) is 9.68. The monoisotopic (exact) mass is 422 g/mol. The molecule has 0 saturated heterocycles. The minimum absolute atomic E-state index is 0.0706. The zero-order valence-electron chi connectivity index (χ0n) is 17.6. The number of thiazole rings is 1. The highest BCUT2D eigenvalue weighted by Gasteiger charge is 2.17. The first-order chi connectivity index (χ1) is 14.5. The molecule has 1 heterocycles. The maximum absolute atomic E-state index is 12.9. The van der Waals surface area contributed by atoms with Gasteiger partial charge in [0.15, 0.2) is 0 Å². The van der Waals surface area contributed by atoms with E-state index in [0.717, 1.165) is 27.8 Å². The van der Waals surface area contributed by atoms with Crippen molar-refractivity contribution in [3.63, 3.8) is 0 Å². The zero-order valence-corrected chi connectivity index (χ0v) is 18.4. The lowest BCUT2D eigenvalue weighted by Crippen LogP contribution is -2.30. The summed E-state index contributed by atoms with van der Waals surface area (Å²) in [7, 11) is 1.60. The number of amides is 1. The fourth-order valence-electron chi connectivity index (χ4n) is 2.99. The Labute approximate surface area is 181 Å². The quantitative estimate of drug-likeness (QED) is 0.446. The lowest BCUT2D eigenvalue weighted by atomic mass is 10.1. The molecule has 5 nitrogen and oxygen atoms in total. The molecule has 156 valence electrons. The Hall–Kier alpha value is -3.12. The molecule has 30 heavy (non-hydrogen) atoms. The summed E-state index contributed by atoms with van der Waals surface area (Å²) in [5, 5.41) is 2.85. The summed E-state index contributed by atoms with van der Waals surface area (Å²) in [4.78, 5) is 19.3. The van der Waals surface area contributed by atoms with Crippen molar-refractivity contribution in [2.24, 2.45) is 0 Å². The molecule has 2 aromatic carbocycles. The number of ether oxygens (including phenoxy) is 2. The van der Waals surface area contributed by atoms with Crippen LogP contribution in [0.4, 0.5) is 0 Å². The molecular formula is C24H26N2O3S. The van der Waals surface area contributed by atoms with Gasteiger partial charge in [0, 0.05) is 17.5 Å². The molecule has 0 atom stereocenters. The number of rotatable bonds is 9. The van der Waals surface area contributed by atoms with Crippen molar-refractivity contribution in [2.75, 3.05) is 13.7 Å². The third-order valence-corrected chi connectivity index (χ3v) is 5.70. The second kappa shape index (κ2) is 10.1. The number of benzene rings is 2. The van der Waals surface area contributed by atoms with Crippen molar-refractivity contribution in [2.45, 2.75) is 27.0 Å². The number of aryl methyl sites for hydroxylation is 1. The Morgan fingerprint density at radius 3 is 2.67 bits per heavy atom. The average Bonchev–Trinajstić information content (AvgIpc) is 3.21. The highest BCUT2D eigenvalue weighted by atomic mass is 32.1. The molecule has 0 unspecified atom stereocenters. The maximum atomic E-state index is 12.9. The van der Waals surface area contributed by atoms with Gasteiger partial charge in [0.2, 0.25) is 0 Å². The fourth-order valence-corrected chi connectivity index (χ4v) is 3.69. The van der Waals surface area contributed by atoms with Crippen molar-refractivity contribution in [3.05, 3.63) is 87.9 Å². The van der Waals surface area contributed by atoms with E-state index in [1.54, 1.807) is 42.4 Å². The van der Waals surface area contributed by atoms with Crippen LogP contribution in [0.15, 0.2) is 60.5 Å². The normalized spacial score (nSPS) is 10.5. The van der Waals surface area contributed by atoms with Crippen LogP contribution in [-0.4, -0.2) is 29.4 Å². The van der Waals surface area contributed by atoms with Crippen molar-refractivity contribution in [1.82, 2.24) is 9.88 Å². The van der Waals surface area contributed by atoms with Crippen molar-refractivity contribution < 1.29 is 14.3 Å². The first-order valence-corrected chi connectivity index (χ1v) is 10.6. The van der Waals surface area contributed by atoms with Gasteiger partial charge >= 0.3 is 0 Å². The minimum atomic E-state index is -0.0706. The summed E-state index contributed by atoms with van der Waals surface area (Å²) < 4.78 is 11.1. The van der Waals surface area contributed by atoms with Gasteiger partial charge in [-0.1, -0.05) is 18.2 Å². The van der Waals surface area contributed by atoms with Crippen LogP contribution in [-0.2, 0) is 13.2 Å². The third-order valence-electron chi connectivity index (χ3n) is 4.83. The highest BCUT2D eigenvalue weighted by molar-refractivity contribution is 7.09. The van der Waals surface area contributed by atoms with Gasteiger partial charge in [-0.25, -0.2) is 4.98 Å². The molecule has 0 bridgehead atoms. The number of hydrogen-bond acceptors (Lipinski definition) is 5. The van der Waals surface area contributed by atoms with Crippen LogP contribution in [0, 0.1) is 13.8 Å². The van der Waals surface area contributed by atoms with Gasteiger partial charge in [0.25, 0.3) is 5.91 Å². The molecule has 6 heteroatoms. The summed E-state index contributed by atoms with van der Waals surface area (Å²) in [5.74, 6) is 1.52. The average molecular weight is 423 g/mol. The van der Waals surface area contributed by atoms with Crippen molar-refractivity contribution in [1.29, 1.82) is 0 Å². The van der Waals surface area contributed by atoms with E-state index in [1.807, 2.05) is 17.5 Å². The van der Waals surface area contributed by atoms with Crippen LogP contribution in [0.25, 0.3) is 0 Å². The van der Waals surface area contributed by atoms with Gasteiger partial charge in [-0.3, -0.25) is 4.79 Å². The zero-order chi connectivity index (χ0) is 21.5. The molecule has 1 aromatic heterocycles. The summed E-state index contributed by atoms with van der Waals surface area (Å²) >= 11 is 1.53. The van der Waals surface area contributed by atoms with Gasteiger partial charge in [0.1, 0.15) is 23.1 Å². The van der Waals surface area contributed by atoms with Gasteiger partial charge in [-0.2, -0.15) is 0 Å². The predicted octanol–water partition coefficient (Wildman–Crippen LogP) is 5.18. The van der Waals surface area contributed by atoms with E-state index in [-0.39, 0.29) is 5.91 Å². The molecule has 0 fully saturated rings. The highest BCUT2D eigenvalue weighted by Crippen LogP contribution is 2.23. The van der Waals surface area contributed by atoms with E-state index in [0.29, 0.717) is 25.3 Å². The number of carbonyl (C=O) groups excluding carboxylic acids is 1. The molecule has 3 aromatic rings. The number of aromatic nitrogens is 1. The molecule has 0 saturated carbocycles. The van der Waals surface area contributed by atoms with Crippen LogP contribution in [0.2, 0.25) is 0 Å². The Morgan fingerprint density at radius 2 is 1.97 bits per heavy atom. The molecule has 0 aliphatic rings. The number of hydrogen-bond donors (Lipinski definition) is 0. The summed E-state index contributed by atoms with van der Waals surface area (Å²) in [5.41, 5.74) is 3.77. The van der Waals surface area contributed by atoms with Gasteiger partial charge < -0.3 is 14.4 Å². The van der Waals surface area contributed by atoms with Crippen LogP contribution < -0.4 is 9.47 Å². The standard InChI is InChI=1S/C24H26N2O3S/c1-5-13-26(24(27)19-9-11-21(28-4)12-10-19)14-20-16-30-23(25-20)15-29-22-8-6-7-17(2)18(22)3/h5-12,16H,1,13-15H2,2-4H3.